The van der Waals surface area contributed by atoms with E-state index in [4.69, 9.17) is 8.74 Å². The van der Waals surface area contributed by atoms with Crippen molar-refractivity contribution < 1.29 is 25.6 Å². The zero-order chi connectivity index (χ0) is 15.8. The molecule has 2 N–H and O–H groups in total. The molecule has 0 bridgehead atoms. The lowest BCUT2D eigenvalue weighted by Crippen LogP contribution is -2.27. The second-order valence-corrected chi connectivity index (χ2v) is 7.15. The van der Waals surface area contributed by atoms with Crippen LogP contribution in [0.5, 0.6) is 0 Å². The summed E-state index contributed by atoms with van der Waals surface area (Å²) in [5.74, 6) is 0. The molecule has 118 valence electrons. The Morgan fingerprint density at radius 3 is 2.25 bits per heavy atom. The van der Waals surface area contributed by atoms with Crippen molar-refractivity contribution in [2.24, 2.45) is 0 Å². The molecule has 1 saturated heterocycles. The van der Waals surface area contributed by atoms with Crippen LogP contribution in [-0.2, 0) is 24.4 Å². The normalized spacial score (nSPS) is 20.6. The predicted molar refractivity (Wildman–Crippen MR) is 77.1 cm³/mol. The maximum absolute atomic E-state index is 11.0. The largest absolute Gasteiger partial charge is 0.314 e. The number of hydrogen-bond acceptors (Lipinski definition) is 6. The first kappa shape index (κ1) is 19.3. The van der Waals surface area contributed by atoms with E-state index in [9.17, 15) is 16.8 Å². The molecule has 1 aliphatic heterocycles. The van der Waals surface area contributed by atoms with E-state index in [1.807, 2.05) is 0 Å². The summed E-state index contributed by atoms with van der Waals surface area (Å²) in [7, 11) is -7.42. The molecule has 0 aliphatic carbocycles. The molecule has 9 heteroatoms. The molecule has 0 aromatic heterocycles. The van der Waals surface area contributed by atoms with Gasteiger partial charge in [0.05, 0.1) is 16.9 Å². The van der Waals surface area contributed by atoms with Crippen LogP contribution in [0.1, 0.15) is 26.2 Å². The monoisotopic (exact) mass is 327 g/mol. The molecule has 0 aromatic rings. The van der Waals surface area contributed by atoms with Crippen LogP contribution in [-0.4, -0.2) is 40.1 Å². The Hall–Kier alpha value is -0.740. The van der Waals surface area contributed by atoms with E-state index < -0.39 is 20.2 Å². The van der Waals surface area contributed by atoms with Crippen LogP contribution in [0.3, 0.4) is 0 Å². The molecule has 20 heavy (non-hydrogen) atoms. The van der Waals surface area contributed by atoms with Gasteiger partial charge in [-0.3, -0.25) is 8.74 Å². The lowest BCUT2D eigenvalue weighted by atomic mass is 10.1. The highest BCUT2D eigenvalue weighted by molar-refractivity contribution is 7.89. The molecule has 2 unspecified atom stereocenters. The fraction of sp³-hybridized carbons (Fsp3) is 0.636. The second kappa shape index (κ2) is 8.53. The fourth-order valence-electron chi connectivity index (χ4n) is 1.67. The van der Waals surface area contributed by atoms with Crippen LogP contribution in [0.2, 0.25) is 0 Å². The van der Waals surface area contributed by atoms with Crippen LogP contribution in [0, 0.1) is 0 Å². The summed E-state index contributed by atoms with van der Waals surface area (Å²) in [5, 5.41) is 4.59. The topological polar surface area (TPSA) is 110 Å². The number of nitrogens with one attached hydrogen (secondary N) is 1. The van der Waals surface area contributed by atoms with Gasteiger partial charge in [-0.05, 0) is 32.7 Å². The van der Waals surface area contributed by atoms with Gasteiger partial charge in [0.15, 0.2) is 0 Å². The van der Waals surface area contributed by atoms with Crippen molar-refractivity contribution in [3.63, 3.8) is 0 Å². The SMILES string of the molecule is C=CS(=O)(=O)O.C=CS(=O)(=O)OC(C)CC1CCCN1. The summed E-state index contributed by atoms with van der Waals surface area (Å²) in [5.41, 5.74) is 0. The van der Waals surface area contributed by atoms with Gasteiger partial charge in [0.25, 0.3) is 20.2 Å². The van der Waals surface area contributed by atoms with Crippen molar-refractivity contribution in [1.82, 2.24) is 5.32 Å². The molecule has 1 aliphatic rings. The van der Waals surface area contributed by atoms with E-state index in [0.29, 0.717) is 11.4 Å². The zero-order valence-corrected chi connectivity index (χ0v) is 13.0. The third kappa shape index (κ3) is 10.1. The maximum atomic E-state index is 11.0. The minimum Gasteiger partial charge on any atom is -0.314 e. The fourth-order valence-corrected chi connectivity index (χ4v) is 2.28. The highest BCUT2D eigenvalue weighted by Crippen LogP contribution is 2.14. The molecular weight excluding hydrogens is 306 g/mol. The molecule has 0 amide bonds. The molecule has 1 fully saturated rings. The highest BCUT2D eigenvalue weighted by atomic mass is 32.2. The van der Waals surface area contributed by atoms with E-state index in [-0.39, 0.29) is 6.10 Å². The first-order valence-corrected chi connectivity index (χ1v) is 8.96. The van der Waals surface area contributed by atoms with Gasteiger partial charge >= 0.3 is 0 Å². The molecule has 2 atom stereocenters. The van der Waals surface area contributed by atoms with Crippen molar-refractivity contribution >= 4 is 20.2 Å². The summed E-state index contributed by atoms with van der Waals surface area (Å²) >= 11 is 0. The lowest BCUT2D eigenvalue weighted by Gasteiger charge is -2.15. The summed E-state index contributed by atoms with van der Waals surface area (Å²) < 4.78 is 53.5. The van der Waals surface area contributed by atoms with Gasteiger partial charge in [0, 0.05) is 6.04 Å². The van der Waals surface area contributed by atoms with Crippen LogP contribution in [0.25, 0.3) is 0 Å². The van der Waals surface area contributed by atoms with E-state index in [1.165, 1.54) is 0 Å². The van der Waals surface area contributed by atoms with Crippen LogP contribution >= 0.6 is 0 Å². The van der Waals surface area contributed by atoms with Gasteiger partial charge in [0.1, 0.15) is 0 Å². The van der Waals surface area contributed by atoms with Crippen molar-refractivity contribution in [1.29, 1.82) is 0 Å². The van der Waals surface area contributed by atoms with E-state index in [2.05, 4.69) is 18.5 Å². The van der Waals surface area contributed by atoms with Gasteiger partial charge in [-0.2, -0.15) is 16.8 Å². The molecule has 0 saturated carbocycles. The predicted octanol–water partition coefficient (Wildman–Crippen LogP) is 1.02. The summed E-state index contributed by atoms with van der Waals surface area (Å²) in [6.07, 6.45) is 2.70. The Balaban J connectivity index is 0.000000511. The van der Waals surface area contributed by atoms with Gasteiger partial charge in [-0.25, -0.2) is 0 Å². The van der Waals surface area contributed by atoms with Gasteiger partial charge in [0.2, 0.25) is 0 Å². The Labute approximate surface area is 120 Å². The van der Waals surface area contributed by atoms with Crippen molar-refractivity contribution in [3.05, 3.63) is 24.0 Å². The van der Waals surface area contributed by atoms with Crippen molar-refractivity contribution in [2.45, 2.75) is 38.3 Å². The quantitative estimate of drug-likeness (QED) is 0.553. The second-order valence-electron chi connectivity index (χ2n) is 4.28. The molecule has 0 radical (unpaired) electrons. The highest BCUT2D eigenvalue weighted by Gasteiger charge is 2.20. The van der Waals surface area contributed by atoms with Crippen molar-refractivity contribution in [2.75, 3.05) is 6.54 Å². The van der Waals surface area contributed by atoms with Gasteiger partial charge in [-0.15, -0.1) is 0 Å². The minimum atomic E-state index is -3.90. The third-order valence-corrected chi connectivity index (χ3v) is 3.92. The average Bonchev–Trinajstić information content (AvgIpc) is 2.81. The van der Waals surface area contributed by atoms with Crippen molar-refractivity contribution in [3.8, 4) is 0 Å². The van der Waals surface area contributed by atoms with Crippen LogP contribution < -0.4 is 5.32 Å². The first-order valence-electron chi connectivity index (χ1n) is 5.98. The van der Waals surface area contributed by atoms with Crippen LogP contribution in [0.15, 0.2) is 24.0 Å². The molecular formula is C11H21NO6S2. The van der Waals surface area contributed by atoms with Gasteiger partial charge in [-0.1, -0.05) is 13.2 Å². The molecule has 7 nitrogen and oxygen atoms in total. The van der Waals surface area contributed by atoms with E-state index in [0.717, 1.165) is 31.2 Å². The lowest BCUT2D eigenvalue weighted by molar-refractivity contribution is 0.207. The standard InChI is InChI=1S/C9H17NO3S.C2H4O3S/c1-3-14(11,12)13-8(2)7-9-5-4-6-10-9;1-2-6(3,4)5/h3,8-10H,1,4-7H2,2H3;2H,1H2,(H,3,4,5). The smallest absolute Gasteiger partial charge is 0.289 e. The Kier molecular flexibility index (Phi) is 8.21. The van der Waals surface area contributed by atoms with Crippen LogP contribution in [0.4, 0.5) is 0 Å². The summed E-state index contributed by atoms with van der Waals surface area (Å²) in [6, 6.07) is 0.394. The van der Waals surface area contributed by atoms with E-state index >= 15 is 0 Å². The molecule has 0 aromatic carbocycles. The third-order valence-electron chi connectivity index (χ3n) is 2.49. The number of hydrogen-bond donors (Lipinski definition) is 2. The number of rotatable bonds is 6. The molecule has 1 heterocycles. The zero-order valence-electron chi connectivity index (χ0n) is 11.4. The molecule has 1 rings (SSSR count). The summed E-state index contributed by atoms with van der Waals surface area (Å²) in [6.45, 7) is 8.77. The molecule has 0 spiro atoms. The first-order chi connectivity index (χ1) is 9.09. The Morgan fingerprint density at radius 1 is 1.35 bits per heavy atom. The summed E-state index contributed by atoms with van der Waals surface area (Å²) in [4.78, 5) is 0. The van der Waals surface area contributed by atoms with E-state index in [1.54, 1.807) is 6.92 Å². The average molecular weight is 327 g/mol. The Bertz CT molecular complexity index is 493. The van der Waals surface area contributed by atoms with Gasteiger partial charge < -0.3 is 5.32 Å². The minimum absolute atomic E-state index is 0.284. The maximum Gasteiger partial charge on any atom is 0.289 e. The Morgan fingerprint density at radius 2 is 1.90 bits per heavy atom.